The number of furan rings is 1. The summed E-state index contributed by atoms with van der Waals surface area (Å²) in [4.78, 5) is 11.6. The summed E-state index contributed by atoms with van der Waals surface area (Å²) in [6, 6.07) is 11.5. The lowest BCUT2D eigenvalue weighted by Crippen LogP contribution is -1.98. The van der Waals surface area contributed by atoms with Crippen LogP contribution in [0.2, 0.25) is 0 Å². The van der Waals surface area contributed by atoms with Gasteiger partial charge in [0, 0.05) is 27.8 Å². The lowest BCUT2D eigenvalue weighted by molar-refractivity contribution is 0.556. The molecule has 20 heavy (non-hydrogen) atoms. The van der Waals surface area contributed by atoms with Crippen molar-refractivity contribution in [3.05, 3.63) is 57.9 Å². The van der Waals surface area contributed by atoms with Crippen molar-refractivity contribution in [1.82, 2.24) is 0 Å². The van der Waals surface area contributed by atoms with Crippen molar-refractivity contribution in [2.75, 3.05) is 0 Å². The Hall–Kier alpha value is -2.55. The molecule has 2 heterocycles. The van der Waals surface area contributed by atoms with E-state index in [1.807, 2.05) is 44.2 Å². The Balaban J connectivity index is 2.34. The zero-order valence-corrected chi connectivity index (χ0v) is 11.2. The number of aryl methyl sites for hydroxylation is 2. The van der Waals surface area contributed by atoms with Gasteiger partial charge in [0.1, 0.15) is 16.7 Å². The summed E-state index contributed by atoms with van der Waals surface area (Å²) >= 11 is 0. The fourth-order valence-corrected chi connectivity index (χ4v) is 2.81. The zero-order chi connectivity index (χ0) is 13.9. The molecule has 0 aliphatic heterocycles. The molecule has 0 radical (unpaired) electrons. The topological polar surface area (TPSA) is 43.4 Å². The average Bonchev–Trinajstić information content (AvgIpc) is 2.80. The number of hydrogen-bond acceptors (Lipinski definition) is 3. The predicted molar refractivity (Wildman–Crippen MR) is 79.2 cm³/mol. The third kappa shape index (κ3) is 1.37. The SMILES string of the molecule is Cc1cc(=O)oc2c(C)c3oc4ccccc4c3cc12. The fourth-order valence-electron chi connectivity index (χ4n) is 2.81. The monoisotopic (exact) mass is 264 g/mol. The molecule has 0 bridgehead atoms. The molecule has 0 aliphatic carbocycles. The maximum atomic E-state index is 11.6. The normalized spacial score (nSPS) is 11.7. The van der Waals surface area contributed by atoms with Crippen LogP contribution < -0.4 is 5.63 Å². The highest BCUT2D eigenvalue weighted by atomic mass is 16.4. The Morgan fingerprint density at radius 1 is 0.850 bits per heavy atom. The van der Waals surface area contributed by atoms with E-state index in [0.29, 0.717) is 5.58 Å². The van der Waals surface area contributed by atoms with Crippen LogP contribution >= 0.6 is 0 Å². The highest BCUT2D eigenvalue weighted by Gasteiger charge is 2.14. The zero-order valence-electron chi connectivity index (χ0n) is 11.2. The minimum Gasteiger partial charge on any atom is -0.456 e. The van der Waals surface area contributed by atoms with Gasteiger partial charge in [0.15, 0.2) is 0 Å². The fraction of sp³-hybridized carbons (Fsp3) is 0.118. The first-order chi connectivity index (χ1) is 9.65. The number of benzene rings is 2. The smallest absolute Gasteiger partial charge is 0.336 e. The standard InChI is InChI=1S/C17H12O3/c1-9-7-15(18)20-16-10(2)17-13(8-12(9)16)11-5-3-4-6-14(11)19-17/h3-8H,1-2H3. The second-order valence-corrected chi connectivity index (χ2v) is 5.10. The Morgan fingerprint density at radius 3 is 2.45 bits per heavy atom. The molecule has 4 rings (SSSR count). The van der Waals surface area contributed by atoms with Gasteiger partial charge in [0.05, 0.1) is 0 Å². The molecule has 98 valence electrons. The molecule has 2 aromatic carbocycles. The van der Waals surface area contributed by atoms with E-state index in [4.69, 9.17) is 8.83 Å². The molecular weight excluding hydrogens is 252 g/mol. The van der Waals surface area contributed by atoms with E-state index in [-0.39, 0.29) is 5.63 Å². The van der Waals surface area contributed by atoms with Gasteiger partial charge in [-0.1, -0.05) is 18.2 Å². The van der Waals surface area contributed by atoms with Crippen molar-refractivity contribution >= 4 is 32.9 Å². The van der Waals surface area contributed by atoms with Crippen LogP contribution in [0.3, 0.4) is 0 Å². The van der Waals surface area contributed by atoms with E-state index in [0.717, 1.165) is 38.5 Å². The van der Waals surface area contributed by atoms with Crippen LogP contribution in [-0.2, 0) is 0 Å². The predicted octanol–water partition coefficient (Wildman–Crippen LogP) is 4.31. The van der Waals surface area contributed by atoms with Crippen molar-refractivity contribution in [3.63, 3.8) is 0 Å². The Kier molecular flexibility index (Phi) is 2.11. The molecule has 3 nitrogen and oxygen atoms in total. The molecule has 0 N–H and O–H groups in total. The summed E-state index contributed by atoms with van der Waals surface area (Å²) in [5.41, 5.74) is 3.71. The second kappa shape index (κ2) is 3.73. The first-order valence-corrected chi connectivity index (χ1v) is 6.50. The van der Waals surface area contributed by atoms with Crippen LogP contribution in [0.1, 0.15) is 11.1 Å². The van der Waals surface area contributed by atoms with E-state index >= 15 is 0 Å². The summed E-state index contributed by atoms with van der Waals surface area (Å²) in [5, 5.41) is 3.10. The highest BCUT2D eigenvalue weighted by Crippen LogP contribution is 2.35. The molecular formula is C17H12O3. The Bertz CT molecular complexity index is 1030. The van der Waals surface area contributed by atoms with E-state index in [1.54, 1.807) is 0 Å². The van der Waals surface area contributed by atoms with Crippen molar-refractivity contribution in [3.8, 4) is 0 Å². The largest absolute Gasteiger partial charge is 0.456 e. The van der Waals surface area contributed by atoms with E-state index in [1.165, 1.54) is 6.07 Å². The van der Waals surface area contributed by atoms with Crippen LogP contribution in [-0.4, -0.2) is 0 Å². The van der Waals surface area contributed by atoms with Crippen molar-refractivity contribution in [2.24, 2.45) is 0 Å². The molecule has 0 unspecified atom stereocenters. The van der Waals surface area contributed by atoms with Crippen molar-refractivity contribution in [2.45, 2.75) is 13.8 Å². The molecule has 0 spiro atoms. The van der Waals surface area contributed by atoms with Crippen LogP contribution in [0.4, 0.5) is 0 Å². The van der Waals surface area contributed by atoms with E-state index < -0.39 is 0 Å². The summed E-state index contributed by atoms with van der Waals surface area (Å²) in [5.74, 6) is 0. The molecule has 3 heteroatoms. The maximum Gasteiger partial charge on any atom is 0.336 e. The van der Waals surface area contributed by atoms with Crippen LogP contribution in [0.25, 0.3) is 32.9 Å². The lowest BCUT2D eigenvalue weighted by atomic mass is 10.0. The Morgan fingerprint density at radius 2 is 1.60 bits per heavy atom. The minimum absolute atomic E-state index is 0.325. The van der Waals surface area contributed by atoms with Crippen molar-refractivity contribution < 1.29 is 8.83 Å². The first-order valence-electron chi connectivity index (χ1n) is 6.50. The third-order valence-electron chi connectivity index (χ3n) is 3.81. The molecule has 0 saturated carbocycles. The summed E-state index contributed by atoms with van der Waals surface area (Å²) < 4.78 is 11.3. The molecule has 0 aliphatic rings. The van der Waals surface area contributed by atoms with Crippen LogP contribution in [0.5, 0.6) is 0 Å². The Labute approximate surface area is 114 Å². The third-order valence-corrected chi connectivity index (χ3v) is 3.81. The van der Waals surface area contributed by atoms with Crippen molar-refractivity contribution in [1.29, 1.82) is 0 Å². The minimum atomic E-state index is -0.325. The van der Waals surface area contributed by atoms with Gasteiger partial charge >= 0.3 is 5.63 Å². The quantitative estimate of drug-likeness (QED) is 0.444. The summed E-state index contributed by atoms with van der Waals surface area (Å²) in [6.07, 6.45) is 0. The van der Waals surface area contributed by atoms with Crippen LogP contribution in [0, 0.1) is 13.8 Å². The lowest BCUT2D eigenvalue weighted by Gasteiger charge is -2.04. The van der Waals surface area contributed by atoms with Gasteiger partial charge in [-0.3, -0.25) is 0 Å². The van der Waals surface area contributed by atoms with Gasteiger partial charge in [0.2, 0.25) is 0 Å². The summed E-state index contributed by atoms with van der Waals surface area (Å²) in [6.45, 7) is 3.85. The summed E-state index contributed by atoms with van der Waals surface area (Å²) in [7, 11) is 0. The van der Waals surface area contributed by atoms with Gasteiger partial charge in [-0.2, -0.15) is 0 Å². The van der Waals surface area contributed by atoms with Gasteiger partial charge in [-0.05, 0) is 31.5 Å². The number of hydrogen-bond donors (Lipinski definition) is 0. The first kappa shape index (κ1) is 11.3. The number of para-hydroxylation sites is 1. The van der Waals surface area contributed by atoms with Gasteiger partial charge < -0.3 is 8.83 Å². The number of fused-ring (bicyclic) bond motifs is 4. The highest BCUT2D eigenvalue weighted by molar-refractivity contribution is 6.11. The molecule has 0 atom stereocenters. The average molecular weight is 264 g/mol. The second-order valence-electron chi connectivity index (χ2n) is 5.10. The molecule has 2 aromatic heterocycles. The van der Waals surface area contributed by atoms with Gasteiger partial charge in [-0.15, -0.1) is 0 Å². The number of rotatable bonds is 0. The maximum absolute atomic E-state index is 11.6. The molecule has 0 saturated heterocycles. The van der Waals surface area contributed by atoms with Gasteiger partial charge in [-0.25, -0.2) is 4.79 Å². The van der Waals surface area contributed by atoms with Gasteiger partial charge in [0.25, 0.3) is 0 Å². The van der Waals surface area contributed by atoms with E-state index in [2.05, 4.69) is 0 Å². The molecule has 0 fully saturated rings. The molecule has 4 aromatic rings. The van der Waals surface area contributed by atoms with Crippen LogP contribution in [0.15, 0.2) is 50.0 Å². The van der Waals surface area contributed by atoms with E-state index in [9.17, 15) is 4.79 Å². The molecule has 0 amide bonds.